The van der Waals surface area contributed by atoms with Crippen LogP contribution < -0.4 is 0 Å². The molecule has 0 aromatic carbocycles. The van der Waals surface area contributed by atoms with Crippen molar-refractivity contribution in [1.82, 2.24) is 19.7 Å². The van der Waals surface area contributed by atoms with Crippen molar-refractivity contribution in [2.45, 2.75) is 33.7 Å². The third-order valence-corrected chi connectivity index (χ3v) is 3.09. The van der Waals surface area contributed by atoms with Crippen LogP contribution in [0.15, 0.2) is 12.4 Å². The summed E-state index contributed by atoms with van der Waals surface area (Å²) in [5.41, 5.74) is 2.72. The minimum absolute atomic E-state index is 0.325. The zero-order valence-electron chi connectivity index (χ0n) is 10.4. The van der Waals surface area contributed by atoms with Gasteiger partial charge in [-0.3, -0.25) is 4.68 Å². The van der Waals surface area contributed by atoms with Gasteiger partial charge in [0.1, 0.15) is 5.15 Å². The van der Waals surface area contributed by atoms with Crippen LogP contribution in [0.5, 0.6) is 0 Å². The predicted octanol–water partition coefficient (Wildman–Crippen LogP) is 3.19. The molecule has 0 saturated heterocycles. The van der Waals surface area contributed by atoms with Crippen molar-refractivity contribution in [1.29, 1.82) is 0 Å². The molecule has 0 bridgehead atoms. The van der Waals surface area contributed by atoms with Crippen LogP contribution in [0.4, 0.5) is 0 Å². The molecule has 0 fully saturated rings. The lowest BCUT2D eigenvalue weighted by Gasteiger charge is -2.05. The van der Waals surface area contributed by atoms with E-state index in [-0.39, 0.29) is 0 Å². The molecule has 0 aliphatic heterocycles. The molecule has 0 aliphatic carbocycles. The van der Waals surface area contributed by atoms with E-state index in [9.17, 15) is 0 Å². The van der Waals surface area contributed by atoms with Gasteiger partial charge in [-0.25, -0.2) is 9.97 Å². The highest BCUT2D eigenvalue weighted by molar-refractivity contribution is 6.30. The Morgan fingerprint density at radius 1 is 1.24 bits per heavy atom. The summed E-state index contributed by atoms with van der Waals surface area (Å²) >= 11 is 6.06. The number of halogens is 1. The molecule has 2 aromatic rings. The molecule has 0 aliphatic rings. The SMILES string of the molecule is Cc1nc(-c2cnn(C(C)C)c2)nc(Cl)c1C. The zero-order chi connectivity index (χ0) is 12.6. The summed E-state index contributed by atoms with van der Waals surface area (Å²) in [5.74, 6) is 0.630. The number of rotatable bonds is 2. The average molecular weight is 251 g/mol. The molecule has 0 radical (unpaired) electrons. The molecule has 90 valence electrons. The standard InChI is InChI=1S/C12H15ClN4/c1-7(2)17-6-10(5-14-17)12-15-9(4)8(3)11(13)16-12/h5-7H,1-4H3. The van der Waals surface area contributed by atoms with Crippen molar-refractivity contribution in [2.24, 2.45) is 0 Å². The summed E-state index contributed by atoms with van der Waals surface area (Å²) in [6.07, 6.45) is 3.70. The molecule has 2 heterocycles. The second-order valence-corrected chi connectivity index (χ2v) is 4.71. The van der Waals surface area contributed by atoms with Crippen LogP contribution >= 0.6 is 11.6 Å². The molecular weight excluding hydrogens is 236 g/mol. The van der Waals surface area contributed by atoms with Gasteiger partial charge < -0.3 is 0 Å². The maximum Gasteiger partial charge on any atom is 0.164 e. The molecule has 2 rings (SSSR count). The maximum absolute atomic E-state index is 6.06. The molecule has 0 N–H and O–H groups in total. The lowest BCUT2D eigenvalue weighted by atomic mass is 10.2. The lowest BCUT2D eigenvalue weighted by Crippen LogP contribution is -2.00. The molecule has 0 amide bonds. The van der Waals surface area contributed by atoms with E-state index in [2.05, 4.69) is 28.9 Å². The van der Waals surface area contributed by atoms with Crippen LogP contribution in [0.2, 0.25) is 5.15 Å². The third-order valence-electron chi connectivity index (χ3n) is 2.72. The Labute approximate surface area is 106 Å². The zero-order valence-corrected chi connectivity index (χ0v) is 11.2. The van der Waals surface area contributed by atoms with E-state index < -0.39 is 0 Å². The summed E-state index contributed by atoms with van der Waals surface area (Å²) in [4.78, 5) is 8.71. The Morgan fingerprint density at radius 3 is 2.47 bits per heavy atom. The highest BCUT2D eigenvalue weighted by Gasteiger charge is 2.10. The van der Waals surface area contributed by atoms with Crippen molar-refractivity contribution in [2.75, 3.05) is 0 Å². The quantitative estimate of drug-likeness (QED) is 0.769. The minimum Gasteiger partial charge on any atom is -0.270 e. The monoisotopic (exact) mass is 250 g/mol. The van der Waals surface area contributed by atoms with E-state index in [0.29, 0.717) is 17.0 Å². The van der Waals surface area contributed by atoms with Gasteiger partial charge in [-0.1, -0.05) is 11.6 Å². The third kappa shape index (κ3) is 2.31. The smallest absolute Gasteiger partial charge is 0.164 e. The number of hydrogen-bond donors (Lipinski definition) is 0. The summed E-state index contributed by atoms with van der Waals surface area (Å²) in [7, 11) is 0. The van der Waals surface area contributed by atoms with E-state index in [1.165, 1.54) is 0 Å². The van der Waals surface area contributed by atoms with Crippen molar-refractivity contribution in [3.05, 3.63) is 28.8 Å². The van der Waals surface area contributed by atoms with Crippen molar-refractivity contribution in [3.63, 3.8) is 0 Å². The molecule has 0 spiro atoms. The fourth-order valence-electron chi connectivity index (χ4n) is 1.46. The highest BCUT2D eigenvalue weighted by atomic mass is 35.5. The van der Waals surface area contributed by atoms with Gasteiger partial charge in [0.25, 0.3) is 0 Å². The van der Waals surface area contributed by atoms with E-state index in [4.69, 9.17) is 11.6 Å². The number of nitrogens with zero attached hydrogens (tertiary/aromatic N) is 4. The van der Waals surface area contributed by atoms with Crippen LogP contribution in [-0.2, 0) is 0 Å². The minimum atomic E-state index is 0.325. The summed E-state index contributed by atoms with van der Waals surface area (Å²) < 4.78 is 1.88. The largest absolute Gasteiger partial charge is 0.270 e. The number of aromatic nitrogens is 4. The first kappa shape index (κ1) is 12.0. The number of aryl methyl sites for hydroxylation is 1. The summed E-state index contributed by atoms with van der Waals surface area (Å²) in [6.45, 7) is 7.99. The Kier molecular flexibility index (Phi) is 3.15. The molecule has 0 unspecified atom stereocenters. The fraction of sp³-hybridized carbons (Fsp3) is 0.417. The molecular formula is C12H15ClN4. The number of hydrogen-bond acceptors (Lipinski definition) is 3. The van der Waals surface area contributed by atoms with Crippen LogP contribution in [0.1, 0.15) is 31.1 Å². The van der Waals surface area contributed by atoms with Gasteiger partial charge in [0.2, 0.25) is 0 Å². The first-order valence-electron chi connectivity index (χ1n) is 5.54. The Balaban J connectivity index is 2.46. The highest BCUT2D eigenvalue weighted by Crippen LogP contribution is 2.21. The lowest BCUT2D eigenvalue weighted by molar-refractivity contribution is 0.532. The van der Waals surface area contributed by atoms with Crippen LogP contribution in [-0.4, -0.2) is 19.7 Å². The Hall–Kier alpha value is -1.42. The van der Waals surface area contributed by atoms with Gasteiger partial charge in [0, 0.05) is 23.5 Å². The molecule has 4 nitrogen and oxygen atoms in total. The van der Waals surface area contributed by atoms with Crippen LogP contribution in [0.3, 0.4) is 0 Å². The van der Waals surface area contributed by atoms with E-state index in [1.54, 1.807) is 6.20 Å². The summed E-state index contributed by atoms with van der Waals surface area (Å²) in [5, 5.41) is 4.77. The van der Waals surface area contributed by atoms with E-state index in [0.717, 1.165) is 16.8 Å². The Bertz CT molecular complexity index is 522. The molecule has 17 heavy (non-hydrogen) atoms. The van der Waals surface area contributed by atoms with Gasteiger partial charge in [0.05, 0.1) is 11.8 Å². The maximum atomic E-state index is 6.06. The van der Waals surface area contributed by atoms with Gasteiger partial charge in [-0.2, -0.15) is 5.10 Å². The van der Waals surface area contributed by atoms with Crippen LogP contribution in [0.25, 0.3) is 11.4 Å². The van der Waals surface area contributed by atoms with E-state index in [1.807, 2.05) is 24.7 Å². The normalized spacial score (nSPS) is 11.2. The van der Waals surface area contributed by atoms with E-state index >= 15 is 0 Å². The first-order chi connectivity index (χ1) is 7.99. The van der Waals surface area contributed by atoms with Gasteiger partial charge in [0.15, 0.2) is 5.82 Å². The average Bonchev–Trinajstić information content (AvgIpc) is 2.74. The van der Waals surface area contributed by atoms with Crippen molar-refractivity contribution >= 4 is 11.6 Å². The van der Waals surface area contributed by atoms with Crippen LogP contribution in [0, 0.1) is 13.8 Å². The van der Waals surface area contributed by atoms with Gasteiger partial charge in [-0.05, 0) is 27.7 Å². The van der Waals surface area contributed by atoms with Crippen molar-refractivity contribution in [3.8, 4) is 11.4 Å². The molecule has 0 saturated carbocycles. The first-order valence-corrected chi connectivity index (χ1v) is 5.92. The molecule has 5 heteroatoms. The van der Waals surface area contributed by atoms with Crippen molar-refractivity contribution < 1.29 is 0 Å². The second kappa shape index (κ2) is 4.45. The summed E-state index contributed by atoms with van der Waals surface area (Å²) in [6, 6.07) is 0.325. The molecule has 2 aromatic heterocycles. The predicted molar refractivity (Wildman–Crippen MR) is 68.1 cm³/mol. The molecule has 0 atom stereocenters. The Morgan fingerprint density at radius 2 is 1.94 bits per heavy atom. The van der Waals surface area contributed by atoms with Gasteiger partial charge in [-0.15, -0.1) is 0 Å². The topological polar surface area (TPSA) is 43.6 Å². The van der Waals surface area contributed by atoms with Gasteiger partial charge >= 0.3 is 0 Å². The fourth-order valence-corrected chi connectivity index (χ4v) is 1.68. The second-order valence-electron chi connectivity index (χ2n) is 4.35.